The molecule has 1 heterocycles. The van der Waals surface area contributed by atoms with Crippen LogP contribution in [0, 0.1) is 15.5 Å². The Kier molecular flexibility index (Phi) is 6.48. The minimum absolute atomic E-state index is 0.159. The summed E-state index contributed by atoms with van der Waals surface area (Å²) in [5, 5.41) is 11.4. The predicted octanol–water partition coefficient (Wildman–Crippen LogP) is 4.63. The van der Waals surface area contributed by atoms with Crippen molar-refractivity contribution in [2.45, 2.75) is 23.7 Å². The van der Waals surface area contributed by atoms with Crippen LogP contribution in [0.25, 0.3) is 6.08 Å². The van der Waals surface area contributed by atoms with Gasteiger partial charge in [-0.15, -0.1) is 0 Å². The molecular weight excluding hydrogens is 435 g/mol. The Morgan fingerprint density at radius 1 is 1.29 bits per heavy atom. The number of ether oxygens (including phenoxy) is 2. The van der Waals surface area contributed by atoms with Gasteiger partial charge in [0.25, 0.3) is 5.69 Å². The highest BCUT2D eigenvalue weighted by molar-refractivity contribution is 6.67. The minimum atomic E-state index is -1.82. The maximum Gasteiger partial charge on any atom is 0.414 e. The molecule has 1 aromatic rings. The molecule has 1 unspecified atom stereocenters. The number of hydrogen-bond donors (Lipinski definition) is 0. The number of nitrogens with zero attached hydrogens (tertiary/aromatic N) is 2. The number of benzene rings is 1. The molecule has 1 aliphatic rings. The first-order chi connectivity index (χ1) is 12.9. The van der Waals surface area contributed by atoms with E-state index in [2.05, 4.69) is 0 Å². The van der Waals surface area contributed by atoms with E-state index in [4.69, 9.17) is 44.3 Å². The summed E-state index contributed by atoms with van der Waals surface area (Å²) < 4.78 is 8.08. The molecule has 1 aliphatic heterocycles. The van der Waals surface area contributed by atoms with Gasteiger partial charge >= 0.3 is 12.1 Å². The third-order valence-corrected chi connectivity index (χ3v) is 4.58. The quantitative estimate of drug-likeness (QED) is 0.286. The van der Waals surface area contributed by atoms with Gasteiger partial charge in [-0.3, -0.25) is 19.8 Å². The number of nitro groups is 1. The number of alkyl halides is 3. The zero-order valence-electron chi connectivity index (χ0n) is 15.1. The van der Waals surface area contributed by atoms with Crippen molar-refractivity contribution >= 4 is 58.6 Å². The van der Waals surface area contributed by atoms with Gasteiger partial charge in [0.1, 0.15) is 6.61 Å². The van der Waals surface area contributed by atoms with Gasteiger partial charge in [-0.1, -0.05) is 46.9 Å². The Labute approximate surface area is 176 Å². The molecule has 0 spiro atoms. The van der Waals surface area contributed by atoms with Crippen LogP contribution >= 0.6 is 34.8 Å². The van der Waals surface area contributed by atoms with E-state index in [0.29, 0.717) is 5.56 Å². The zero-order chi connectivity index (χ0) is 21.3. The van der Waals surface area contributed by atoms with Crippen molar-refractivity contribution in [2.75, 3.05) is 13.7 Å². The molecule has 0 fully saturated rings. The van der Waals surface area contributed by atoms with Crippen molar-refractivity contribution in [1.82, 2.24) is 4.90 Å². The predicted molar refractivity (Wildman–Crippen MR) is 104 cm³/mol. The highest BCUT2D eigenvalue weighted by Crippen LogP contribution is 2.46. The summed E-state index contributed by atoms with van der Waals surface area (Å²) in [6.07, 6.45) is 1.81. The van der Waals surface area contributed by atoms with E-state index >= 15 is 0 Å². The van der Waals surface area contributed by atoms with Crippen LogP contribution in [-0.2, 0) is 14.3 Å². The Morgan fingerprint density at radius 2 is 1.93 bits per heavy atom. The minimum Gasteiger partial charge on any atom is -0.469 e. The molecule has 0 radical (unpaired) electrons. The van der Waals surface area contributed by atoms with Gasteiger partial charge in [0.2, 0.25) is 3.79 Å². The van der Waals surface area contributed by atoms with Gasteiger partial charge in [-0.2, -0.15) is 0 Å². The third-order valence-electron chi connectivity index (χ3n) is 4.25. The van der Waals surface area contributed by atoms with Crippen LogP contribution in [0.15, 0.2) is 24.4 Å². The fourth-order valence-corrected chi connectivity index (χ4v) is 3.20. The maximum atomic E-state index is 12.6. The van der Waals surface area contributed by atoms with Crippen molar-refractivity contribution in [1.29, 1.82) is 0 Å². The number of rotatable bonds is 4. The summed E-state index contributed by atoms with van der Waals surface area (Å²) in [4.78, 5) is 37.0. The molecule has 28 heavy (non-hydrogen) atoms. The molecule has 1 atom stereocenters. The smallest absolute Gasteiger partial charge is 0.414 e. The van der Waals surface area contributed by atoms with E-state index < -0.39 is 38.8 Å². The molecule has 0 aliphatic carbocycles. The zero-order valence-corrected chi connectivity index (χ0v) is 17.4. The summed E-state index contributed by atoms with van der Waals surface area (Å²) in [6, 6.07) is 3.45. The number of methoxy groups -OCH3 is 1. The van der Waals surface area contributed by atoms with E-state index in [-0.39, 0.29) is 11.3 Å². The van der Waals surface area contributed by atoms with Crippen LogP contribution in [-0.4, -0.2) is 39.4 Å². The molecule has 1 aromatic carbocycles. The lowest BCUT2D eigenvalue weighted by molar-refractivity contribution is -0.385. The second-order valence-electron chi connectivity index (χ2n) is 6.55. The highest BCUT2D eigenvalue weighted by atomic mass is 35.6. The maximum absolute atomic E-state index is 12.6. The molecule has 0 saturated heterocycles. The standard InChI is InChI=1S/C17H17Cl3N2O6/c1-16(2,14(23)27-3)13-11-5-4-6-12(22(25)26)10(11)7-8-21(13)15(24)28-9-17(18,19)20/h4-8,13H,9H2,1-3H3. The number of carbonyl (C=O) groups excluding carboxylic acids is 2. The lowest BCUT2D eigenvalue weighted by atomic mass is 9.76. The molecule has 0 aromatic heterocycles. The van der Waals surface area contributed by atoms with Crippen LogP contribution in [0.3, 0.4) is 0 Å². The fourth-order valence-electron chi connectivity index (χ4n) is 3.04. The van der Waals surface area contributed by atoms with Gasteiger partial charge < -0.3 is 9.47 Å². The van der Waals surface area contributed by atoms with Crippen molar-refractivity contribution in [2.24, 2.45) is 5.41 Å². The van der Waals surface area contributed by atoms with Gasteiger partial charge in [0.05, 0.1) is 29.1 Å². The molecule has 152 valence electrons. The Bertz CT molecular complexity index is 835. The second kappa shape index (κ2) is 8.14. The number of hydrogen-bond acceptors (Lipinski definition) is 6. The van der Waals surface area contributed by atoms with Gasteiger partial charge in [-0.25, -0.2) is 4.79 Å². The van der Waals surface area contributed by atoms with Crippen molar-refractivity contribution in [3.63, 3.8) is 0 Å². The van der Waals surface area contributed by atoms with Crippen LogP contribution < -0.4 is 0 Å². The lowest BCUT2D eigenvalue weighted by Gasteiger charge is -2.40. The summed E-state index contributed by atoms with van der Waals surface area (Å²) in [7, 11) is 1.21. The molecule has 8 nitrogen and oxygen atoms in total. The average molecular weight is 452 g/mol. The fraction of sp³-hybridized carbons (Fsp3) is 0.412. The van der Waals surface area contributed by atoms with E-state index in [1.54, 1.807) is 19.9 Å². The lowest BCUT2D eigenvalue weighted by Crippen LogP contribution is -2.45. The van der Waals surface area contributed by atoms with E-state index in [1.807, 2.05) is 0 Å². The Morgan fingerprint density at radius 3 is 2.46 bits per heavy atom. The summed E-state index contributed by atoms with van der Waals surface area (Å²) in [5.74, 6) is -0.621. The molecule has 1 amide bonds. The number of nitro benzene ring substituents is 1. The molecule has 0 N–H and O–H groups in total. The van der Waals surface area contributed by atoms with Crippen LogP contribution in [0.2, 0.25) is 0 Å². The van der Waals surface area contributed by atoms with E-state index in [9.17, 15) is 19.7 Å². The summed E-state index contributed by atoms with van der Waals surface area (Å²) in [6.45, 7) is 2.59. The Balaban J connectivity index is 2.56. The van der Waals surface area contributed by atoms with Crippen molar-refractivity contribution in [3.05, 3.63) is 45.6 Å². The molecular formula is C17H17Cl3N2O6. The first-order valence-electron chi connectivity index (χ1n) is 7.96. The van der Waals surface area contributed by atoms with Crippen molar-refractivity contribution in [3.8, 4) is 0 Å². The summed E-state index contributed by atoms with van der Waals surface area (Å²) in [5.41, 5.74) is -0.769. The number of carbonyl (C=O) groups is 2. The Hall–Kier alpha value is -2.03. The SMILES string of the molecule is COC(=O)C(C)(C)C1c2cccc([N+](=O)[O-])c2C=CN1C(=O)OCC(Cl)(Cl)Cl. The topological polar surface area (TPSA) is 99.0 Å². The largest absolute Gasteiger partial charge is 0.469 e. The van der Waals surface area contributed by atoms with Gasteiger partial charge in [0, 0.05) is 12.3 Å². The molecule has 0 saturated carbocycles. The van der Waals surface area contributed by atoms with Crippen LogP contribution in [0.4, 0.5) is 10.5 Å². The highest BCUT2D eigenvalue weighted by Gasteiger charge is 2.47. The van der Waals surface area contributed by atoms with Crippen LogP contribution in [0.1, 0.15) is 31.0 Å². The van der Waals surface area contributed by atoms with Gasteiger partial charge in [0.15, 0.2) is 0 Å². The van der Waals surface area contributed by atoms with Crippen molar-refractivity contribution < 1.29 is 24.0 Å². The number of esters is 1. The third kappa shape index (κ3) is 4.51. The normalized spacial score (nSPS) is 16.4. The summed E-state index contributed by atoms with van der Waals surface area (Å²) >= 11 is 16.9. The first kappa shape index (κ1) is 22.3. The second-order valence-corrected chi connectivity index (χ2v) is 9.06. The first-order valence-corrected chi connectivity index (χ1v) is 9.09. The van der Waals surface area contributed by atoms with E-state index in [0.717, 1.165) is 4.90 Å². The number of amides is 1. The monoisotopic (exact) mass is 450 g/mol. The molecule has 2 rings (SSSR count). The average Bonchev–Trinajstić information content (AvgIpc) is 2.62. The van der Waals surface area contributed by atoms with Crippen LogP contribution in [0.5, 0.6) is 0 Å². The van der Waals surface area contributed by atoms with Gasteiger partial charge in [-0.05, 0) is 25.5 Å². The molecule has 11 heteroatoms. The number of fused-ring (bicyclic) bond motifs is 1. The molecule has 0 bridgehead atoms. The van der Waals surface area contributed by atoms with E-state index in [1.165, 1.54) is 31.5 Å². The number of halogens is 3.